The van der Waals surface area contributed by atoms with E-state index in [1.54, 1.807) is 0 Å². The minimum atomic E-state index is -0.117. The maximum absolute atomic E-state index is 12.9. The van der Waals surface area contributed by atoms with Gasteiger partial charge in [-0.3, -0.25) is 9.69 Å². The monoisotopic (exact) mass is 416 g/mol. The molecule has 0 bridgehead atoms. The van der Waals surface area contributed by atoms with Gasteiger partial charge in [-0.25, -0.2) is 0 Å². The Morgan fingerprint density at radius 2 is 2.00 bits per heavy atom. The zero-order chi connectivity index (χ0) is 19.7. The van der Waals surface area contributed by atoms with Crippen molar-refractivity contribution in [2.45, 2.75) is 39.2 Å². The standard InChI is InChI=1S/C22H25ClN2O2S/c1-14-6-8-16-19(12-14)28-21(20(16)23)22(26)24-13-17(18-9-7-15(2)27-18)25-10-4-3-5-11-25/h6-9,12,17H,3-5,10-11,13H2,1-2H3,(H,24,26)/t17-/m1/s1. The Balaban J connectivity index is 1.53. The molecule has 0 aliphatic carbocycles. The summed E-state index contributed by atoms with van der Waals surface area (Å²) < 4.78 is 6.95. The van der Waals surface area contributed by atoms with Crippen LogP contribution in [0.3, 0.4) is 0 Å². The van der Waals surface area contributed by atoms with Crippen LogP contribution in [0.5, 0.6) is 0 Å². The van der Waals surface area contributed by atoms with Crippen LogP contribution in [0.25, 0.3) is 10.1 Å². The Kier molecular flexibility index (Phi) is 5.76. The Labute approximate surface area is 174 Å². The Bertz CT molecular complexity index is 988. The SMILES string of the molecule is Cc1ccc2c(Cl)c(C(=O)NC[C@H](c3ccc(C)o3)N3CCCCC3)sc2c1. The van der Waals surface area contributed by atoms with Crippen LogP contribution in [0.4, 0.5) is 0 Å². The molecule has 3 aromatic rings. The highest BCUT2D eigenvalue weighted by molar-refractivity contribution is 7.21. The average Bonchev–Trinajstić information content (AvgIpc) is 3.26. The number of amides is 1. The van der Waals surface area contributed by atoms with Gasteiger partial charge in [0.2, 0.25) is 0 Å². The number of carbonyl (C=O) groups is 1. The van der Waals surface area contributed by atoms with Crippen molar-refractivity contribution in [3.8, 4) is 0 Å². The Morgan fingerprint density at radius 3 is 2.71 bits per heavy atom. The number of thiophene rings is 1. The first-order valence-corrected chi connectivity index (χ1v) is 11.0. The molecule has 1 saturated heterocycles. The number of fused-ring (bicyclic) bond motifs is 1. The normalized spacial score (nSPS) is 16.4. The number of furan rings is 1. The summed E-state index contributed by atoms with van der Waals surface area (Å²) in [6.07, 6.45) is 3.64. The second-order valence-electron chi connectivity index (χ2n) is 7.52. The highest BCUT2D eigenvalue weighted by Gasteiger charge is 2.26. The van der Waals surface area contributed by atoms with Crippen molar-refractivity contribution in [3.05, 3.63) is 57.3 Å². The molecule has 2 aromatic heterocycles. The molecule has 148 valence electrons. The minimum Gasteiger partial charge on any atom is -0.465 e. The van der Waals surface area contributed by atoms with Crippen molar-refractivity contribution in [1.82, 2.24) is 10.2 Å². The molecule has 0 radical (unpaired) electrons. The van der Waals surface area contributed by atoms with E-state index in [1.807, 2.05) is 38.1 Å². The van der Waals surface area contributed by atoms with Crippen LogP contribution >= 0.6 is 22.9 Å². The third-order valence-electron chi connectivity index (χ3n) is 5.37. The van der Waals surface area contributed by atoms with Gasteiger partial charge in [0.15, 0.2) is 0 Å². The van der Waals surface area contributed by atoms with E-state index in [0.717, 1.165) is 40.3 Å². The quantitative estimate of drug-likeness (QED) is 0.578. The lowest BCUT2D eigenvalue weighted by molar-refractivity contribution is 0.0918. The number of benzene rings is 1. The van der Waals surface area contributed by atoms with Gasteiger partial charge in [-0.2, -0.15) is 0 Å². The number of halogens is 1. The fourth-order valence-electron chi connectivity index (χ4n) is 3.86. The van der Waals surface area contributed by atoms with Gasteiger partial charge in [0, 0.05) is 16.6 Å². The molecule has 1 amide bonds. The molecule has 1 aliphatic heterocycles. The van der Waals surface area contributed by atoms with Crippen molar-refractivity contribution in [3.63, 3.8) is 0 Å². The lowest BCUT2D eigenvalue weighted by Crippen LogP contribution is -2.40. The van der Waals surface area contributed by atoms with Crippen LogP contribution in [-0.2, 0) is 0 Å². The first-order valence-electron chi connectivity index (χ1n) is 9.80. The number of rotatable bonds is 5. The summed E-state index contributed by atoms with van der Waals surface area (Å²) in [6.45, 7) is 6.57. The molecular weight excluding hydrogens is 392 g/mol. The van der Waals surface area contributed by atoms with E-state index in [4.69, 9.17) is 16.0 Å². The summed E-state index contributed by atoms with van der Waals surface area (Å²) in [5, 5.41) is 4.59. The molecule has 1 aliphatic rings. The Morgan fingerprint density at radius 1 is 1.21 bits per heavy atom. The molecule has 6 heteroatoms. The fraction of sp³-hybridized carbons (Fsp3) is 0.409. The molecule has 1 fully saturated rings. The van der Waals surface area contributed by atoms with E-state index in [1.165, 1.54) is 30.6 Å². The molecule has 1 atom stereocenters. The molecule has 4 rings (SSSR count). The van der Waals surface area contributed by atoms with Gasteiger partial charge in [0.1, 0.15) is 16.4 Å². The molecular formula is C22H25ClN2O2S. The van der Waals surface area contributed by atoms with Crippen molar-refractivity contribution in [2.24, 2.45) is 0 Å². The van der Waals surface area contributed by atoms with Crippen molar-refractivity contribution in [1.29, 1.82) is 0 Å². The van der Waals surface area contributed by atoms with E-state index >= 15 is 0 Å². The molecule has 1 aromatic carbocycles. The van der Waals surface area contributed by atoms with Crippen LogP contribution in [0.15, 0.2) is 34.7 Å². The second-order valence-corrected chi connectivity index (χ2v) is 8.95. The molecule has 0 spiro atoms. The van der Waals surface area contributed by atoms with Crippen LogP contribution in [-0.4, -0.2) is 30.4 Å². The average molecular weight is 417 g/mol. The predicted molar refractivity (Wildman–Crippen MR) is 116 cm³/mol. The summed E-state index contributed by atoms with van der Waals surface area (Å²) in [6, 6.07) is 10.1. The number of hydrogen-bond acceptors (Lipinski definition) is 4. The number of aryl methyl sites for hydroxylation is 2. The maximum atomic E-state index is 12.9. The molecule has 1 N–H and O–H groups in total. The first-order chi connectivity index (χ1) is 13.5. The van der Waals surface area contributed by atoms with Crippen LogP contribution in [0.2, 0.25) is 5.02 Å². The summed E-state index contributed by atoms with van der Waals surface area (Å²) in [5.74, 6) is 1.69. The smallest absolute Gasteiger partial charge is 0.263 e. The molecule has 3 heterocycles. The first kappa shape index (κ1) is 19.5. The molecule has 4 nitrogen and oxygen atoms in total. The van der Waals surface area contributed by atoms with Gasteiger partial charge in [-0.15, -0.1) is 11.3 Å². The van der Waals surface area contributed by atoms with Gasteiger partial charge in [0.05, 0.1) is 11.1 Å². The van der Waals surface area contributed by atoms with Crippen molar-refractivity contribution < 1.29 is 9.21 Å². The van der Waals surface area contributed by atoms with E-state index in [2.05, 4.69) is 16.3 Å². The van der Waals surface area contributed by atoms with Gasteiger partial charge < -0.3 is 9.73 Å². The number of likely N-dealkylation sites (tertiary alicyclic amines) is 1. The summed E-state index contributed by atoms with van der Waals surface area (Å²) >= 11 is 7.96. The lowest BCUT2D eigenvalue weighted by Gasteiger charge is -2.33. The third kappa shape index (κ3) is 3.97. The maximum Gasteiger partial charge on any atom is 0.263 e. The zero-order valence-corrected chi connectivity index (χ0v) is 17.8. The highest BCUT2D eigenvalue weighted by atomic mass is 35.5. The van der Waals surface area contributed by atoms with Crippen LogP contribution in [0, 0.1) is 13.8 Å². The van der Waals surface area contributed by atoms with Gasteiger partial charge in [0.25, 0.3) is 5.91 Å². The molecule has 28 heavy (non-hydrogen) atoms. The topological polar surface area (TPSA) is 45.5 Å². The third-order valence-corrected chi connectivity index (χ3v) is 7.02. The van der Waals surface area contributed by atoms with E-state index in [0.29, 0.717) is 16.4 Å². The van der Waals surface area contributed by atoms with Gasteiger partial charge >= 0.3 is 0 Å². The summed E-state index contributed by atoms with van der Waals surface area (Å²) in [5.41, 5.74) is 1.16. The Hall–Kier alpha value is -1.82. The highest BCUT2D eigenvalue weighted by Crippen LogP contribution is 2.36. The largest absolute Gasteiger partial charge is 0.465 e. The number of nitrogens with one attached hydrogen (secondary N) is 1. The van der Waals surface area contributed by atoms with Crippen molar-refractivity contribution in [2.75, 3.05) is 19.6 Å². The van der Waals surface area contributed by atoms with Gasteiger partial charge in [-0.05, 0) is 63.5 Å². The lowest BCUT2D eigenvalue weighted by atomic mass is 10.1. The zero-order valence-electron chi connectivity index (χ0n) is 16.3. The van der Waals surface area contributed by atoms with E-state index in [9.17, 15) is 4.79 Å². The fourth-order valence-corrected chi connectivity index (χ4v) is 5.39. The summed E-state index contributed by atoms with van der Waals surface area (Å²) in [4.78, 5) is 15.9. The molecule has 0 unspecified atom stereocenters. The van der Waals surface area contributed by atoms with Gasteiger partial charge in [-0.1, -0.05) is 30.2 Å². The van der Waals surface area contributed by atoms with E-state index < -0.39 is 0 Å². The number of piperidine rings is 1. The number of nitrogens with zero attached hydrogens (tertiary/aromatic N) is 1. The number of hydrogen-bond donors (Lipinski definition) is 1. The minimum absolute atomic E-state index is 0.0494. The second kappa shape index (κ2) is 8.27. The van der Waals surface area contributed by atoms with Crippen LogP contribution in [0.1, 0.15) is 52.1 Å². The number of carbonyl (C=O) groups excluding carboxylic acids is 1. The molecule has 0 saturated carbocycles. The van der Waals surface area contributed by atoms with Crippen LogP contribution < -0.4 is 5.32 Å². The van der Waals surface area contributed by atoms with E-state index in [-0.39, 0.29) is 11.9 Å². The predicted octanol–water partition coefficient (Wildman–Crippen LogP) is 5.72. The van der Waals surface area contributed by atoms with Crippen molar-refractivity contribution >= 4 is 38.9 Å². The summed E-state index contributed by atoms with van der Waals surface area (Å²) in [7, 11) is 0.